The molecule has 1 aliphatic carbocycles. The van der Waals surface area contributed by atoms with Gasteiger partial charge in [-0.3, -0.25) is 9.59 Å². The molecule has 2 N–H and O–H groups in total. The quantitative estimate of drug-likeness (QED) is 0.845. The number of hydrogen-bond donors (Lipinski definition) is 2. The van der Waals surface area contributed by atoms with Crippen molar-refractivity contribution in [3.8, 4) is 5.75 Å². The Kier molecular flexibility index (Phi) is 2.89. The average molecular weight is 261 g/mol. The number of para-hydroxylation sites is 1. The van der Waals surface area contributed by atoms with Crippen molar-refractivity contribution in [1.82, 2.24) is 5.32 Å². The molecule has 0 saturated heterocycles. The van der Waals surface area contributed by atoms with Crippen LogP contribution in [0.4, 0.5) is 0 Å². The van der Waals surface area contributed by atoms with Gasteiger partial charge in [-0.15, -0.1) is 0 Å². The fraction of sp³-hybridized carbons (Fsp3) is 0.429. The number of ether oxygens (including phenoxy) is 1. The number of carbonyl (C=O) groups is 2. The molecule has 5 heteroatoms. The number of carboxylic acid groups (broad SMARTS) is 1. The molecule has 2 aliphatic rings. The number of carbonyl (C=O) groups excluding carboxylic acids is 1. The molecule has 1 heterocycles. The highest BCUT2D eigenvalue weighted by Gasteiger charge is 2.48. The minimum atomic E-state index is -0.884. The lowest BCUT2D eigenvalue weighted by Gasteiger charge is -2.26. The fourth-order valence-electron chi connectivity index (χ4n) is 2.49. The third-order valence-electron chi connectivity index (χ3n) is 3.67. The first kappa shape index (κ1) is 12.0. The number of hydrogen-bond acceptors (Lipinski definition) is 3. The lowest BCUT2D eigenvalue weighted by molar-refractivity contribution is -0.140. The van der Waals surface area contributed by atoms with Gasteiger partial charge in [0.05, 0.1) is 17.9 Å². The van der Waals surface area contributed by atoms with E-state index in [0.29, 0.717) is 13.0 Å². The largest absolute Gasteiger partial charge is 0.491 e. The second-order valence-corrected chi connectivity index (χ2v) is 5.12. The average Bonchev–Trinajstić information content (AvgIpc) is 3.19. The van der Waals surface area contributed by atoms with Crippen molar-refractivity contribution in [2.45, 2.75) is 18.9 Å². The molecular weight excluding hydrogens is 246 g/mol. The molecule has 19 heavy (non-hydrogen) atoms. The standard InChI is InChI=1S/C14H15NO4/c16-13(10-6-11(10)14(17)18)15-9-5-8-3-1-2-4-12(8)19-7-9/h1-4,9-11H,5-7H2,(H,15,16)(H,17,18). The first-order valence-electron chi connectivity index (χ1n) is 6.39. The van der Waals surface area contributed by atoms with Crippen LogP contribution in [0, 0.1) is 11.8 Å². The molecule has 0 aromatic heterocycles. The minimum Gasteiger partial charge on any atom is -0.491 e. The third-order valence-corrected chi connectivity index (χ3v) is 3.67. The number of aliphatic carboxylic acids is 1. The zero-order valence-corrected chi connectivity index (χ0v) is 10.3. The molecule has 1 aromatic rings. The lowest BCUT2D eigenvalue weighted by Crippen LogP contribution is -2.43. The number of benzene rings is 1. The van der Waals surface area contributed by atoms with Gasteiger partial charge in [-0.1, -0.05) is 18.2 Å². The SMILES string of the molecule is O=C(O)C1CC1C(=O)NC1COc2ccccc2C1. The summed E-state index contributed by atoms with van der Waals surface area (Å²) >= 11 is 0. The third kappa shape index (κ3) is 2.41. The van der Waals surface area contributed by atoms with Gasteiger partial charge in [-0.25, -0.2) is 0 Å². The van der Waals surface area contributed by atoms with Crippen LogP contribution in [0.1, 0.15) is 12.0 Å². The van der Waals surface area contributed by atoms with Crippen molar-refractivity contribution in [3.05, 3.63) is 29.8 Å². The molecule has 1 amide bonds. The van der Waals surface area contributed by atoms with Crippen molar-refractivity contribution < 1.29 is 19.4 Å². The number of nitrogens with one attached hydrogen (secondary N) is 1. The molecule has 1 fully saturated rings. The number of rotatable bonds is 3. The molecule has 0 radical (unpaired) electrons. The first-order valence-corrected chi connectivity index (χ1v) is 6.39. The van der Waals surface area contributed by atoms with E-state index < -0.39 is 11.9 Å². The van der Waals surface area contributed by atoms with Gasteiger partial charge in [-0.2, -0.15) is 0 Å². The van der Waals surface area contributed by atoms with Crippen molar-refractivity contribution in [2.24, 2.45) is 11.8 Å². The zero-order chi connectivity index (χ0) is 13.4. The Morgan fingerprint density at radius 2 is 2.05 bits per heavy atom. The van der Waals surface area contributed by atoms with Crippen LogP contribution < -0.4 is 10.1 Å². The smallest absolute Gasteiger partial charge is 0.307 e. The van der Waals surface area contributed by atoms with Gasteiger partial charge in [0.2, 0.25) is 5.91 Å². The number of fused-ring (bicyclic) bond motifs is 1. The van der Waals surface area contributed by atoms with E-state index in [-0.39, 0.29) is 17.9 Å². The summed E-state index contributed by atoms with van der Waals surface area (Å²) in [5, 5.41) is 11.7. The Balaban J connectivity index is 1.58. The van der Waals surface area contributed by atoms with Crippen LogP contribution in [0.5, 0.6) is 5.75 Å². The van der Waals surface area contributed by atoms with Crippen molar-refractivity contribution in [3.63, 3.8) is 0 Å². The Bertz CT molecular complexity index is 528. The predicted octanol–water partition coefficient (Wildman–Crippen LogP) is 0.827. The van der Waals surface area contributed by atoms with Crippen LogP contribution in [-0.2, 0) is 16.0 Å². The van der Waals surface area contributed by atoms with Gasteiger partial charge in [0.1, 0.15) is 12.4 Å². The molecule has 100 valence electrons. The van der Waals surface area contributed by atoms with Crippen molar-refractivity contribution in [1.29, 1.82) is 0 Å². The molecule has 3 rings (SSSR count). The second kappa shape index (κ2) is 4.57. The van der Waals surface area contributed by atoms with Crippen LogP contribution in [0.3, 0.4) is 0 Å². The Labute approximate surface area is 110 Å². The van der Waals surface area contributed by atoms with E-state index in [9.17, 15) is 9.59 Å². The van der Waals surface area contributed by atoms with Crippen molar-refractivity contribution >= 4 is 11.9 Å². The molecule has 3 unspecified atom stereocenters. The molecule has 0 bridgehead atoms. The van der Waals surface area contributed by atoms with Crippen LogP contribution in [0.15, 0.2) is 24.3 Å². The summed E-state index contributed by atoms with van der Waals surface area (Å²) in [6.45, 7) is 0.438. The van der Waals surface area contributed by atoms with E-state index in [1.165, 1.54) is 0 Å². The summed E-state index contributed by atoms with van der Waals surface area (Å²) in [6.07, 6.45) is 1.18. The highest BCUT2D eigenvalue weighted by Crippen LogP contribution is 2.39. The Hall–Kier alpha value is -2.04. The Morgan fingerprint density at radius 1 is 1.26 bits per heavy atom. The number of amides is 1. The van der Waals surface area contributed by atoms with Gasteiger partial charge in [0.15, 0.2) is 0 Å². The fourth-order valence-corrected chi connectivity index (χ4v) is 2.49. The summed E-state index contributed by atoms with van der Waals surface area (Å²) in [6, 6.07) is 7.67. The minimum absolute atomic E-state index is 0.0718. The maximum atomic E-state index is 11.9. The van der Waals surface area contributed by atoms with Crippen LogP contribution in [-0.4, -0.2) is 29.6 Å². The first-order chi connectivity index (χ1) is 9.15. The monoisotopic (exact) mass is 261 g/mol. The van der Waals surface area contributed by atoms with Crippen LogP contribution >= 0.6 is 0 Å². The van der Waals surface area contributed by atoms with E-state index in [1.54, 1.807) is 0 Å². The van der Waals surface area contributed by atoms with E-state index in [4.69, 9.17) is 9.84 Å². The van der Waals surface area contributed by atoms with Gasteiger partial charge < -0.3 is 15.2 Å². The summed E-state index contributed by atoms with van der Waals surface area (Å²) in [5.41, 5.74) is 1.07. The summed E-state index contributed by atoms with van der Waals surface area (Å²) in [7, 11) is 0. The maximum absolute atomic E-state index is 11.9. The van der Waals surface area contributed by atoms with E-state index >= 15 is 0 Å². The normalized spacial score (nSPS) is 27.9. The highest BCUT2D eigenvalue weighted by molar-refractivity contribution is 5.89. The van der Waals surface area contributed by atoms with Crippen LogP contribution in [0.2, 0.25) is 0 Å². The molecule has 1 aliphatic heterocycles. The molecule has 1 saturated carbocycles. The summed E-state index contributed by atoms with van der Waals surface area (Å²) in [5.74, 6) is -1.06. The van der Waals surface area contributed by atoms with Gasteiger partial charge in [0, 0.05) is 0 Å². The lowest BCUT2D eigenvalue weighted by atomic mass is 10.0. The Morgan fingerprint density at radius 3 is 2.79 bits per heavy atom. The zero-order valence-electron chi connectivity index (χ0n) is 10.3. The number of carboxylic acids is 1. The summed E-state index contributed by atoms with van der Waals surface area (Å²) in [4.78, 5) is 22.6. The topological polar surface area (TPSA) is 75.6 Å². The predicted molar refractivity (Wildman–Crippen MR) is 66.8 cm³/mol. The maximum Gasteiger partial charge on any atom is 0.307 e. The van der Waals surface area contributed by atoms with Gasteiger partial charge in [-0.05, 0) is 24.5 Å². The molecular formula is C14H15NO4. The van der Waals surface area contributed by atoms with Gasteiger partial charge in [0.25, 0.3) is 0 Å². The van der Waals surface area contributed by atoms with Crippen LogP contribution in [0.25, 0.3) is 0 Å². The molecule has 3 atom stereocenters. The summed E-state index contributed by atoms with van der Waals surface area (Å²) < 4.78 is 5.58. The van der Waals surface area contributed by atoms with Crippen molar-refractivity contribution in [2.75, 3.05) is 6.61 Å². The molecule has 5 nitrogen and oxygen atoms in total. The molecule has 1 aromatic carbocycles. The van der Waals surface area contributed by atoms with E-state index in [0.717, 1.165) is 17.7 Å². The second-order valence-electron chi connectivity index (χ2n) is 5.12. The highest BCUT2D eigenvalue weighted by atomic mass is 16.5. The molecule has 0 spiro atoms. The van der Waals surface area contributed by atoms with Gasteiger partial charge >= 0.3 is 5.97 Å². The van der Waals surface area contributed by atoms with E-state index in [1.807, 2.05) is 24.3 Å². The van der Waals surface area contributed by atoms with E-state index in [2.05, 4.69) is 5.32 Å².